The highest BCUT2D eigenvalue weighted by atomic mass is 16.7. The van der Waals surface area contributed by atoms with Crippen LogP contribution in [0.4, 0.5) is 0 Å². The molecule has 6 atom stereocenters. The van der Waals surface area contributed by atoms with Crippen molar-refractivity contribution in [3.05, 3.63) is 11.6 Å². The Kier molecular flexibility index (Phi) is 3.75. The normalized spacial score (nSPS) is 51.4. The topological polar surface area (TPSA) is 18.5 Å². The molecule has 1 unspecified atom stereocenters. The average molecular weight is 345 g/mol. The van der Waals surface area contributed by atoms with E-state index in [1.165, 1.54) is 63.4 Å². The standard InChI is InChI=1S/C23H36O2/c1-21-12-5-4-6-16(21)7-8-17-18-9-10-20(23(3)24-14-15-25-23)22(18,2)13-11-19(17)21/h10,16-19H,4-9,11-15H2,1-3H3/t16?,17-,18-,19-,21-,22-/m0/s1. The van der Waals surface area contributed by atoms with Gasteiger partial charge in [-0.05, 0) is 91.9 Å². The van der Waals surface area contributed by atoms with E-state index < -0.39 is 5.79 Å². The van der Waals surface area contributed by atoms with Crippen molar-refractivity contribution < 1.29 is 9.47 Å². The maximum atomic E-state index is 6.09. The lowest BCUT2D eigenvalue weighted by atomic mass is 9.44. The molecule has 4 fully saturated rings. The molecule has 5 aliphatic rings. The van der Waals surface area contributed by atoms with Gasteiger partial charge in [0, 0.05) is 0 Å². The van der Waals surface area contributed by atoms with E-state index in [2.05, 4.69) is 26.8 Å². The Balaban J connectivity index is 1.44. The molecule has 3 saturated carbocycles. The van der Waals surface area contributed by atoms with E-state index >= 15 is 0 Å². The zero-order chi connectivity index (χ0) is 17.3. The fraction of sp³-hybridized carbons (Fsp3) is 0.913. The summed E-state index contributed by atoms with van der Waals surface area (Å²) in [5.41, 5.74) is 2.42. The molecule has 25 heavy (non-hydrogen) atoms. The summed E-state index contributed by atoms with van der Waals surface area (Å²) in [5.74, 6) is 3.29. The molecule has 1 saturated heterocycles. The third kappa shape index (κ3) is 2.22. The summed E-state index contributed by atoms with van der Waals surface area (Å²) in [6.07, 6.45) is 15.5. The van der Waals surface area contributed by atoms with Crippen LogP contribution >= 0.6 is 0 Å². The smallest absolute Gasteiger partial charge is 0.188 e. The van der Waals surface area contributed by atoms with Crippen LogP contribution in [0.2, 0.25) is 0 Å². The van der Waals surface area contributed by atoms with Crippen LogP contribution in [0.1, 0.15) is 78.6 Å². The van der Waals surface area contributed by atoms with Crippen molar-refractivity contribution in [1.29, 1.82) is 0 Å². The maximum absolute atomic E-state index is 6.09. The summed E-state index contributed by atoms with van der Waals surface area (Å²) >= 11 is 0. The van der Waals surface area contributed by atoms with Crippen molar-refractivity contribution in [2.24, 2.45) is 34.5 Å². The highest BCUT2D eigenvalue weighted by molar-refractivity contribution is 5.31. The third-order valence-corrected chi connectivity index (χ3v) is 9.49. The number of fused-ring (bicyclic) bond motifs is 5. The Bertz CT molecular complexity index is 575. The molecule has 0 N–H and O–H groups in total. The van der Waals surface area contributed by atoms with Gasteiger partial charge in [-0.2, -0.15) is 0 Å². The molecule has 140 valence electrons. The summed E-state index contributed by atoms with van der Waals surface area (Å²) in [6.45, 7) is 8.88. The first-order valence-corrected chi connectivity index (χ1v) is 11.0. The van der Waals surface area contributed by atoms with Crippen LogP contribution in [0.25, 0.3) is 0 Å². The molecular weight excluding hydrogens is 308 g/mol. The summed E-state index contributed by atoms with van der Waals surface area (Å²) in [4.78, 5) is 0. The lowest BCUT2D eigenvalue weighted by molar-refractivity contribution is -0.141. The molecule has 4 aliphatic carbocycles. The second kappa shape index (κ2) is 5.58. The molecule has 0 amide bonds. The lowest BCUT2D eigenvalue weighted by Gasteiger charge is -2.60. The molecule has 0 aromatic heterocycles. The molecule has 0 aromatic rings. The van der Waals surface area contributed by atoms with Crippen LogP contribution in [0.3, 0.4) is 0 Å². The van der Waals surface area contributed by atoms with Crippen molar-refractivity contribution in [1.82, 2.24) is 0 Å². The summed E-state index contributed by atoms with van der Waals surface area (Å²) in [6, 6.07) is 0. The van der Waals surface area contributed by atoms with E-state index in [-0.39, 0.29) is 0 Å². The van der Waals surface area contributed by atoms with Gasteiger partial charge in [-0.15, -0.1) is 0 Å². The molecule has 0 radical (unpaired) electrons. The molecular formula is C23H36O2. The van der Waals surface area contributed by atoms with Crippen molar-refractivity contribution >= 4 is 0 Å². The third-order valence-electron chi connectivity index (χ3n) is 9.49. The Hall–Kier alpha value is -0.340. The summed E-state index contributed by atoms with van der Waals surface area (Å²) < 4.78 is 12.2. The van der Waals surface area contributed by atoms with Gasteiger partial charge in [0.2, 0.25) is 0 Å². The van der Waals surface area contributed by atoms with Gasteiger partial charge >= 0.3 is 0 Å². The first kappa shape index (κ1) is 16.8. The minimum absolute atomic E-state index is 0.304. The van der Waals surface area contributed by atoms with Crippen molar-refractivity contribution in [2.45, 2.75) is 84.3 Å². The van der Waals surface area contributed by atoms with Gasteiger partial charge in [0.25, 0.3) is 0 Å². The molecule has 2 heteroatoms. The van der Waals surface area contributed by atoms with Crippen molar-refractivity contribution in [3.8, 4) is 0 Å². The van der Waals surface area contributed by atoms with Crippen LogP contribution in [0.15, 0.2) is 11.6 Å². The maximum Gasteiger partial charge on any atom is 0.188 e. The number of ether oxygens (including phenoxy) is 2. The summed E-state index contributed by atoms with van der Waals surface area (Å²) in [7, 11) is 0. The fourth-order valence-corrected chi connectivity index (χ4v) is 8.24. The van der Waals surface area contributed by atoms with Crippen LogP contribution in [-0.4, -0.2) is 19.0 Å². The van der Waals surface area contributed by atoms with E-state index in [1.54, 1.807) is 0 Å². The van der Waals surface area contributed by atoms with Gasteiger partial charge in [0.1, 0.15) is 0 Å². The van der Waals surface area contributed by atoms with E-state index in [0.717, 1.165) is 36.9 Å². The fourth-order valence-electron chi connectivity index (χ4n) is 8.24. The zero-order valence-corrected chi connectivity index (χ0v) is 16.5. The minimum atomic E-state index is -0.442. The Labute approximate surface area is 153 Å². The number of hydrogen-bond acceptors (Lipinski definition) is 2. The highest BCUT2D eigenvalue weighted by Crippen LogP contribution is 2.67. The first-order valence-electron chi connectivity index (χ1n) is 11.0. The summed E-state index contributed by atoms with van der Waals surface area (Å²) in [5, 5.41) is 0. The van der Waals surface area contributed by atoms with E-state index in [9.17, 15) is 0 Å². The number of allylic oxidation sites excluding steroid dienone is 1. The van der Waals surface area contributed by atoms with Crippen LogP contribution < -0.4 is 0 Å². The van der Waals surface area contributed by atoms with Gasteiger partial charge in [-0.25, -0.2) is 0 Å². The number of rotatable bonds is 1. The van der Waals surface area contributed by atoms with Gasteiger partial charge in [-0.3, -0.25) is 0 Å². The average Bonchev–Trinajstić information content (AvgIpc) is 3.18. The lowest BCUT2D eigenvalue weighted by Crippen LogP contribution is -2.53. The molecule has 1 heterocycles. The van der Waals surface area contributed by atoms with Gasteiger partial charge < -0.3 is 9.47 Å². The Morgan fingerprint density at radius 2 is 1.68 bits per heavy atom. The van der Waals surface area contributed by atoms with Crippen molar-refractivity contribution in [2.75, 3.05) is 13.2 Å². The second-order valence-corrected chi connectivity index (χ2v) is 10.4. The Morgan fingerprint density at radius 3 is 2.48 bits per heavy atom. The molecule has 0 bridgehead atoms. The zero-order valence-electron chi connectivity index (χ0n) is 16.5. The minimum Gasteiger partial charge on any atom is -0.344 e. The molecule has 2 nitrogen and oxygen atoms in total. The number of hydrogen-bond donors (Lipinski definition) is 0. The van der Waals surface area contributed by atoms with Gasteiger partial charge in [-0.1, -0.05) is 32.8 Å². The quantitative estimate of drug-likeness (QED) is 0.567. The predicted molar refractivity (Wildman–Crippen MR) is 100 cm³/mol. The van der Waals surface area contributed by atoms with Crippen LogP contribution in [0, 0.1) is 34.5 Å². The van der Waals surface area contributed by atoms with E-state index in [1.807, 2.05) is 0 Å². The molecule has 0 aromatic carbocycles. The van der Waals surface area contributed by atoms with Gasteiger partial charge in [0.15, 0.2) is 5.79 Å². The highest BCUT2D eigenvalue weighted by Gasteiger charge is 2.60. The van der Waals surface area contributed by atoms with E-state index in [4.69, 9.17) is 9.47 Å². The largest absolute Gasteiger partial charge is 0.344 e. The molecule has 5 rings (SSSR count). The second-order valence-electron chi connectivity index (χ2n) is 10.4. The molecule has 1 aliphatic heterocycles. The van der Waals surface area contributed by atoms with Crippen molar-refractivity contribution in [3.63, 3.8) is 0 Å². The first-order chi connectivity index (χ1) is 12.0. The van der Waals surface area contributed by atoms with Crippen LogP contribution in [-0.2, 0) is 9.47 Å². The van der Waals surface area contributed by atoms with E-state index in [0.29, 0.717) is 10.8 Å². The SMILES string of the molecule is CC1(C2=CC[C@H]3[C@@H]4CCC5CCCC[C@]5(C)[C@H]4CC[C@]23C)OCCO1. The van der Waals surface area contributed by atoms with Crippen LogP contribution in [0.5, 0.6) is 0 Å². The molecule has 0 spiro atoms. The monoisotopic (exact) mass is 344 g/mol. The predicted octanol–water partition coefficient (Wildman–Crippen LogP) is 5.72. The Morgan fingerprint density at radius 1 is 0.880 bits per heavy atom. The van der Waals surface area contributed by atoms with Gasteiger partial charge in [0.05, 0.1) is 13.2 Å².